The first-order chi connectivity index (χ1) is 8.83. The van der Waals surface area contributed by atoms with Gasteiger partial charge >= 0.3 is 29.6 Å². The Labute approximate surface area is 147 Å². The van der Waals surface area contributed by atoms with Crippen LogP contribution in [0.4, 0.5) is 17.1 Å². The van der Waals surface area contributed by atoms with Crippen LogP contribution >= 0.6 is 0 Å². The van der Waals surface area contributed by atoms with Gasteiger partial charge < -0.3 is 20.8 Å². The van der Waals surface area contributed by atoms with E-state index in [2.05, 4.69) is 15.3 Å². The molecule has 1 aromatic rings. The summed E-state index contributed by atoms with van der Waals surface area (Å²) >= 11 is 0. The summed E-state index contributed by atoms with van der Waals surface area (Å²) in [6, 6.07) is 3.62. The quantitative estimate of drug-likeness (QED) is 0.106. The number of nitro benzene ring substituents is 1. The summed E-state index contributed by atoms with van der Waals surface area (Å²) in [5.41, 5.74) is 7.92. The molecule has 0 heterocycles. The average molecular weight is 345 g/mol. The number of azide groups is 1. The predicted octanol–water partition coefficient (Wildman–Crippen LogP) is -3.15. The Kier molecular flexibility index (Phi) is 13.0. The largest absolute Gasteiger partial charge is 1.00 e. The van der Waals surface area contributed by atoms with Gasteiger partial charge in [-0.15, -0.1) is 0 Å². The predicted molar refractivity (Wildman–Crippen MR) is 72.2 cm³/mol. The van der Waals surface area contributed by atoms with Crippen LogP contribution in [0.15, 0.2) is 23.3 Å². The van der Waals surface area contributed by atoms with Gasteiger partial charge in [-0.05, 0) is 11.6 Å². The molecule has 12 nitrogen and oxygen atoms in total. The molecule has 14 heteroatoms. The van der Waals surface area contributed by atoms with Crippen LogP contribution in [-0.2, 0) is 10.1 Å². The topological polar surface area (TPSA) is 224 Å². The molecular formula is C8H12N5NaO7S. The van der Waals surface area contributed by atoms with Crippen LogP contribution in [0.5, 0.6) is 0 Å². The molecule has 22 heavy (non-hydrogen) atoms. The molecule has 5 N–H and O–H groups in total. The fraction of sp³-hybridized carbons (Fsp3) is 0.250. The number of anilines is 1. The van der Waals surface area contributed by atoms with E-state index in [4.69, 9.17) is 5.53 Å². The first-order valence-electron chi connectivity index (χ1n) is 4.84. The molecule has 0 aliphatic rings. The van der Waals surface area contributed by atoms with Crippen molar-refractivity contribution < 1.29 is 58.4 Å². The summed E-state index contributed by atoms with van der Waals surface area (Å²) in [5.74, 6) is -0.692. The van der Waals surface area contributed by atoms with E-state index in [9.17, 15) is 23.1 Å². The van der Waals surface area contributed by atoms with E-state index in [-0.39, 0.29) is 64.1 Å². The van der Waals surface area contributed by atoms with Gasteiger partial charge in [0.1, 0.15) is 5.69 Å². The van der Waals surface area contributed by atoms with Gasteiger partial charge in [0, 0.05) is 23.2 Å². The van der Waals surface area contributed by atoms with Crippen molar-refractivity contribution in [2.24, 2.45) is 5.11 Å². The number of nitro groups is 1. The van der Waals surface area contributed by atoms with Crippen molar-refractivity contribution >= 4 is 27.2 Å². The Morgan fingerprint density at radius 2 is 1.95 bits per heavy atom. The molecule has 0 aliphatic heterocycles. The zero-order valence-electron chi connectivity index (χ0n) is 11.4. The molecule has 0 bridgehead atoms. The molecule has 0 amide bonds. The zero-order chi connectivity index (χ0) is 14.5. The summed E-state index contributed by atoms with van der Waals surface area (Å²) < 4.78 is 31.2. The van der Waals surface area contributed by atoms with E-state index in [1.807, 2.05) is 0 Å². The molecule has 1 rings (SSSR count). The minimum atomic E-state index is -4.39. The summed E-state index contributed by atoms with van der Waals surface area (Å²) in [5, 5.41) is 16.5. The SMILES string of the molecule is O.O.[N-]=[N+]=Nc1ccc(NCCS(=O)(=O)[O-])c([N+](=O)[O-])c1.[Na+]. The second-order valence-electron chi connectivity index (χ2n) is 3.34. The minimum absolute atomic E-state index is 0. The molecule has 0 radical (unpaired) electrons. The van der Waals surface area contributed by atoms with Crippen LogP contribution in [0.3, 0.4) is 0 Å². The summed E-state index contributed by atoms with van der Waals surface area (Å²) in [7, 11) is -4.39. The van der Waals surface area contributed by atoms with Gasteiger partial charge in [-0.2, -0.15) is 0 Å². The maximum absolute atomic E-state index is 10.8. The Morgan fingerprint density at radius 3 is 2.41 bits per heavy atom. The van der Waals surface area contributed by atoms with E-state index >= 15 is 0 Å². The third-order valence-electron chi connectivity index (χ3n) is 2.01. The first-order valence-corrected chi connectivity index (χ1v) is 6.42. The van der Waals surface area contributed by atoms with Crippen LogP contribution in [0.1, 0.15) is 0 Å². The van der Waals surface area contributed by atoms with Crippen molar-refractivity contribution in [3.63, 3.8) is 0 Å². The number of benzene rings is 1. The van der Waals surface area contributed by atoms with E-state index in [0.29, 0.717) is 0 Å². The van der Waals surface area contributed by atoms with Crippen molar-refractivity contribution in [1.82, 2.24) is 0 Å². The van der Waals surface area contributed by atoms with E-state index in [1.54, 1.807) is 0 Å². The van der Waals surface area contributed by atoms with Crippen LogP contribution in [0.2, 0.25) is 0 Å². The molecule has 0 saturated heterocycles. The molecule has 0 fully saturated rings. The fourth-order valence-electron chi connectivity index (χ4n) is 1.25. The number of nitrogens with zero attached hydrogens (tertiary/aromatic N) is 4. The summed E-state index contributed by atoms with van der Waals surface area (Å²) in [6.45, 7) is -0.256. The third-order valence-corrected chi connectivity index (χ3v) is 2.71. The third kappa shape index (κ3) is 8.76. The second-order valence-corrected chi connectivity index (χ2v) is 4.86. The van der Waals surface area contributed by atoms with E-state index < -0.39 is 20.8 Å². The van der Waals surface area contributed by atoms with Gasteiger partial charge in [0.2, 0.25) is 0 Å². The zero-order valence-corrected chi connectivity index (χ0v) is 14.2. The van der Waals surface area contributed by atoms with Gasteiger partial charge in [0.15, 0.2) is 0 Å². The van der Waals surface area contributed by atoms with Crippen molar-refractivity contribution in [3.8, 4) is 0 Å². The second kappa shape index (κ2) is 11.2. The monoisotopic (exact) mass is 345 g/mol. The number of hydrogen-bond donors (Lipinski definition) is 1. The molecule has 0 atom stereocenters. The summed E-state index contributed by atoms with van der Waals surface area (Å²) in [4.78, 5) is 12.6. The molecule has 0 aromatic heterocycles. The van der Waals surface area contributed by atoms with Crippen molar-refractivity contribution in [2.75, 3.05) is 17.6 Å². The van der Waals surface area contributed by atoms with Crippen LogP contribution in [-0.4, -0.2) is 41.1 Å². The average Bonchev–Trinajstić information content (AvgIpc) is 2.29. The van der Waals surface area contributed by atoms with Crippen molar-refractivity contribution in [3.05, 3.63) is 38.8 Å². The maximum Gasteiger partial charge on any atom is 1.00 e. The molecule has 0 saturated carbocycles. The van der Waals surface area contributed by atoms with Gasteiger partial charge in [-0.25, -0.2) is 8.42 Å². The maximum atomic E-state index is 10.8. The molecule has 1 aromatic carbocycles. The Hall–Kier alpha value is -1.44. The summed E-state index contributed by atoms with van der Waals surface area (Å²) in [6.07, 6.45) is 0. The number of rotatable bonds is 6. The smallest absolute Gasteiger partial charge is 0.748 e. The van der Waals surface area contributed by atoms with Gasteiger partial charge in [-0.3, -0.25) is 10.1 Å². The number of nitrogens with one attached hydrogen (secondary N) is 1. The fourth-order valence-corrected chi connectivity index (χ4v) is 1.60. The van der Waals surface area contributed by atoms with E-state index in [1.165, 1.54) is 12.1 Å². The standard InChI is InChI=1S/C8H9N5O5S.Na.2H2O/c9-12-11-6-1-2-7(8(5-6)13(14)15)10-3-4-19(16,17)18;;;/h1-2,5,10H,3-4H2,(H,16,17,18);;2*1H2/q;+1;;/p-1. The minimum Gasteiger partial charge on any atom is -0.748 e. The Balaban J connectivity index is -0.00000120. The van der Waals surface area contributed by atoms with Gasteiger partial charge in [0.25, 0.3) is 5.69 Å². The van der Waals surface area contributed by atoms with Crippen LogP contribution < -0.4 is 34.9 Å². The Bertz CT molecular complexity index is 646. The Morgan fingerprint density at radius 1 is 1.36 bits per heavy atom. The molecule has 0 unspecified atom stereocenters. The van der Waals surface area contributed by atoms with Crippen LogP contribution in [0.25, 0.3) is 10.4 Å². The molecule has 0 aliphatic carbocycles. The van der Waals surface area contributed by atoms with Gasteiger partial charge in [0.05, 0.1) is 20.8 Å². The first kappa shape index (κ1) is 25.5. The molecular weight excluding hydrogens is 333 g/mol. The molecule has 0 spiro atoms. The normalized spacial score (nSPS) is 9.14. The van der Waals surface area contributed by atoms with E-state index in [0.717, 1.165) is 6.07 Å². The molecule has 118 valence electrons. The number of hydrogen-bond acceptors (Lipinski definition) is 7. The van der Waals surface area contributed by atoms with Crippen molar-refractivity contribution in [1.29, 1.82) is 0 Å². The van der Waals surface area contributed by atoms with Crippen molar-refractivity contribution in [2.45, 2.75) is 0 Å². The van der Waals surface area contributed by atoms with Crippen LogP contribution in [0, 0.1) is 10.1 Å². The van der Waals surface area contributed by atoms with Gasteiger partial charge in [-0.1, -0.05) is 11.2 Å².